The Morgan fingerprint density at radius 2 is 1.88 bits per heavy atom. The third-order valence-corrected chi connectivity index (χ3v) is 5.50. The molecule has 1 aliphatic heterocycles. The molecule has 1 aromatic carbocycles. The van der Waals surface area contributed by atoms with Crippen molar-refractivity contribution in [2.24, 2.45) is 0 Å². The molecule has 2 amide bonds. The zero-order chi connectivity index (χ0) is 17.5. The molecule has 1 spiro atoms. The minimum absolute atomic E-state index is 0.0168. The van der Waals surface area contributed by atoms with E-state index in [0.29, 0.717) is 6.54 Å². The van der Waals surface area contributed by atoms with Gasteiger partial charge < -0.3 is 20.5 Å². The summed E-state index contributed by atoms with van der Waals surface area (Å²) in [6.07, 6.45) is 8.70. The van der Waals surface area contributed by atoms with Gasteiger partial charge in [-0.25, -0.2) is 4.79 Å². The standard InChI is InChI=1S/C20H30N2O3/c23-15-17-6-4-16(5-7-17)8-12-21-19(24)22-18-9-13-25-20(14-18)10-2-1-3-11-20/h4-7,18,23H,1-3,8-15H2,(H2,21,22,24). The highest BCUT2D eigenvalue weighted by Gasteiger charge is 2.38. The second kappa shape index (κ2) is 8.68. The number of urea groups is 1. The largest absolute Gasteiger partial charge is 0.392 e. The van der Waals surface area contributed by atoms with Crippen molar-refractivity contribution in [1.82, 2.24) is 10.6 Å². The van der Waals surface area contributed by atoms with Gasteiger partial charge in [0.1, 0.15) is 0 Å². The second-order valence-electron chi connectivity index (χ2n) is 7.41. The monoisotopic (exact) mass is 346 g/mol. The molecule has 3 N–H and O–H groups in total. The van der Waals surface area contributed by atoms with Crippen molar-refractivity contribution >= 4 is 6.03 Å². The summed E-state index contributed by atoms with van der Waals surface area (Å²) in [7, 11) is 0. The van der Waals surface area contributed by atoms with Crippen LogP contribution in [0.2, 0.25) is 0 Å². The van der Waals surface area contributed by atoms with Gasteiger partial charge in [0.15, 0.2) is 0 Å². The second-order valence-corrected chi connectivity index (χ2v) is 7.41. The number of rotatable bonds is 5. The molecule has 138 valence electrons. The van der Waals surface area contributed by atoms with Gasteiger partial charge in [0.05, 0.1) is 12.2 Å². The van der Waals surface area contributed by atoms with E-state index in [1.54, 1.807) is 0 Å². The lowest BCUT2D eigenvalue weighted by atomic mass is 9.78. The van der Waals surface area contributed by atoms with E-state index in [1.807, 2.05) is 24.3 Å². The number of ether oxygens (including phenoxy) is 1. The van der Waals surface area contributed by atoms with Gasteiger partial charge in [0.25, 0.3) is 0 Å². The molecule has 1 unspecified atom stereocenters. The Morgan fingerprint density at radius 3 is 2.60 bits per heavy atom. The summed E-state index contributed by atoms with van der Waals surface area (Å²) in [5, 5.41) is 15.1. The highest BCUT2D eigenvalue weighted by molar-refractivity contribution is 5.74. The van der Waals surface area contributed by atoms with Gasteiger partial charge in [-0.05, 0) is 43.2 Å². The van der Waals surface area contributed by atoms with Crippen LogP contribution < -0.4 is 10.6 Å². The van der Waals surface area contributed by atoms with Crippen molar-refractivity contribution in [3.8, 4) is 0 Å². The minimum atomic E-state index is -0.0789. The highest BCUT2D eigenvalue weighted by atomic mass is 16.5. The van der Waals surface area contributed by atoms with Crippen LogP contribution in [0.4, 0.5) is 4.79 Å². The number of amides is 2. The van der Waals surface area contributed by atoms with Crippen molar-refractivity contribution in [3.63, 3.8) is 0 Å². The molecule has 1 aromatic rings. The first-order chi connectivity index (χ1) is 12.2. The Bertz CT molecular complexity index is 547. The van der Waals surface area contributed by atoms with Crippen LogP contribution in [-0.4, -0.2) is 35.9 Å². The summed E-state index contributed by atoms with van der Waals surface area (Å²) >= 11 is 0. The third-order valence-electron chi connectivity index (χ3n) is 5.50. The highest BCUT2D eigenvalue weighted by Crippen LogP contribution is 2.38. The molecule has 1 saturated heterocycles. The first-order valence-electron chi connectivity index (χ1n) is 9.56. The van der Waals surface area contributed by atoms with Crippen molar-refractivity contribution in [3.05, 3.63) is 35.4 Å². The Hall–Kier alpha value is -1.59. The molecule has 1 saturated carbocycles. The zero-order valence-corrected chi connectivity index (χ0v) is 14.9. The fourth-order valence-corrected chi connectivity index (χ4v) is 4.06. The molecule has 3 rings (SSSR count). The van der Waals surface area contributed by atoms with Gasteiger partial charge in [0, 0.05) is 19.2 Å². The molecule has 5 nitrogen and oxygen atoms in total. The van der Waals surface area contributed by atoms with Crippen LogP contribution in [0.15, 0.2) is 24.3 Å². The van der Waals surface area contributed by atoms with Crippen LogP contribution >= 0.6 is 0 Å². The lowest BCUT2D eigenvalue weighted by Gasteiger charge is -2.43. The van der Waals surface area contributed by atoms with E-state index in [9.17, 15) is 4.79 Å². The minimum Gasteiger partial charge on any atom is -0.392 e. The molecular formula is C20H30N2O3. The summed E-state index contributed by atoms with van der Waals surface area (Å²) < 4.78 is 6.09. The molecule has 1 atom stereocenters. The number of nitrogens with one attached hydrogen (secondary N) is 2. The summed E-state index contributed by atoms with van der Waals surface area (Å²) in [6.45, 7) is 1.42. The van der Waals surface area contributed by atoms with Gasteiger partial charge in [-0.1, -0.05) is 43.5 Å². The van der Waals surface area contributed by atoms with Gasteiger partial charge in [-0.2, -0.15) is 0 Å². The van der Waals surface area contributed by atoms with Crippen LogP contribution in [-0.2, 0) is 17.8 Å². The predicted octanol–water partition coefficient (Wildman–Crippen LogP) is 2.90. The average Bonchev–Trinajstić information content (AvgIpc) is 2.63. The molecule has 25 heavy (non-hydrogen) atoms. The number of aliphatic hydroxyl groups is 1. The van der Waals surface area contributed by atoms with Gasteiger partial charge in [-0.15, -0.1) is 0 Å². The van der Waals surface area contributed by atoms with E-state index >= 15 is 0 Å². The van der Waals surface area contributed by atoms with Crippen LogP contribution in [0.1, 0.15) is 56.1 Å². The maximum Gasteiger partial charge on any atom is 0.315 e. The third kappa shape index (κ3) is 5.19. The molecular weight excluding hydrogens is 316 g/mol. The smallest absolute Gasteiger partial charge is 0.315 e. The maximum absolute atomic E-state index is 12.2. The van der Waals surface area contributed by atoms with E-state index in [4.69, 9.17) is 9.84 Å². The van der Waals surface area contributed by atoms with E-state index in [1.165, 1.54) is 19.3 Å². The van der Waals surface area contributed by atoms with Gasteiger partial charge >= 0.3 is 6.03 Å². The Morgan fingerprint density at radius 1 is 1.16 bits per heavy atom. The molecule has 2 fully saturated rings. The predicted molar refractivity (Wildman–Crippen MR) is 97.4 cm³/mol. The average molecular weight is 346 g/mol. The SMILES string of the molecule is O=C(NCCc1ccc(CO)cc1)NC1CCOC2(CCCCC2)C1. The van der Waals surface area contributed by atoms with E-state index in [-0.39, 0.29) is 24.3 Å². The lowest BCUT2D eigenvalue weighted by Crippen LogP contribution is -2.51. The normalized spacial score (nSPS) is 22.5. The number of carbonyl (C=O) groups is 1. The summed E-state index contributed by atoms with van der Waals surface area (Å²) in [5.41, 5.74) is 2.08. The van der Waals surface area contributed by atoms with Crippen LogP contribution in [0.3, 0.4) is 0 Å². The molecule has 5 heteroatoms. The van der Waals surface area contributed by atoms with Crippen LogP contribution in [0.5, 0.6) is 0 Å². The number of hydrogen-bond donors (Lipinski definition) is 3. The van der Waals surface area contributed by atoms with Crippen molar-refractivity contribution in [1.29, 1.82) is 0 Å². The van der Waals surface area contributed by atoms with Crippen molar-refractivity contribution in [2.45, 2.75) is 69.6 Å². The molecule has 0 bridgehead atoms. The Labute approximate surface area is 150 Å². The molecule has 2 aliphatic rings. The molecule has 1 heterocycles. The number of hydrogen-bond acceptors (Lipinski definition) is 3. The topological polar surface area (TPSA) is 70.6 Å². The fourth-order valence-electron chi connectivity index (χ4n) is 4.06. The van der Waals surface area contributed by atoms with Crippen molar-refractivity contribution in [2.75, 3.05) is 13.2 Å². The fraction of sp³-hybridized carbons (Fsp3) is 0.650. The molecule has 0 aromatic heterocycles. The van der Waals surface area contributed by atoms with Crippen molar-refractivity contribution < 1.29 is 14.6 Å². The number of carbonyl (C=O) groups excluding carboxylic acids is 1. The van der Waals surface area contributed by atoms with E-state index < -0.39 is 0 Å². The van der Waals surface area contributed by atoms with Crippen LogP contribution in [0, 0.1) is 0 Å². The van der Waals surface area contributed by atoms with E-state index in [2.05, 4.69) is 10.6 Å². The lowest BCUT2D eigenvalue weighted by molar-refractivity contribution is -0.107. The number of aliphatic hydroxyl groups excluding tert-OH is 1. The van der Waals surface area contributed by atoms with Crippen LogP contribution in [0.25, 0.3) is 0 Å². The Balaban J connectivity index is 1.39. The quantitative estimate of drug-likeness (QED) is 0.768. The maximum atomic E-state index is 12.2. The van der Waals surface area contributed by atoms with E-state index in [0.717, 1.165) is 49.8 Å². The summed E-state index contributed by atoms with van der Waals surface area (Å²) in [6, 6.07) is 7.97. The Kier molecular flexibility index (Phi) is 6.32. The summed E-state index contributed by atoms with van der Waals surface area (Å²) in [4.78, 5) is 12.2. The van der Waals surface area contributed by atoms with Gasteiger partial charge in [0.2, 0.25) is 0 Å². The summed E-state index contributed by atoms with van der Waals surface area (Å²) in [5.74, 6) is 0. The first-order valence-corrected chi connectivity index (χ1v) is 9.56. The zero-order valence-electron chi connectivity index (χ0n) is 14.9. The number of benzene rings is 1. The first kappa shape index (κ1) is 18.2. The molecule has 1 aliphatic carbocycles. The molecule has 0 radical (unpaired) electrons. The van der Waals surface area contributed by atoms with Gasteiger partial charge in [-0.3, -0.25) is 0 Å².